The maximum Gasteiger partial charge on any atom is 0.157 e. The maximum absolute atomic E-state index is 9.68. The van der Waals surface area contributed by atoms with Crippen LogP contribution in [0.25, 0.3) is 0 Å². The largest absolute Gasteiger partial charge is 0.504 e. The van der Waals surface area contributed by atoms with Crippen LogP contribution in [0.15, 0.2) is 36.4 Å². The fourth-order valence-electron chi connectivity index (χ4n) is 2.76. The summed E-state index contributed by atoms with van der Waals surface area (Å²) in [6.45, 7) is -0.312. The molecule has 0 unspecified atom stereocenters. The van der Waals surface area contributed by atoms with Crippen molar-refractivity contribution in [1.29, 1.82) is 0 Å². The van der Waals surface area contributed by atoms with Crippen molar-refractivity contribution < 1.29 is 30.6 Å². The third-order valence-corrected chi connectivity index (χ3v) is 4.21. The summed E-state index contributed by atoms with van der Waals surface area (Å²) in [4.78, 5) is 0. The molecular weight excluding hydrogens is 312 g/mol. The van der Waals surface area contributed by atoms with Crippen molar-refractivity contribution in [2.75, 3.05) is 13.2 Å². The summed E-state index contributed by atoms with van der Waals surface area (Å²) in [6, 6.07) is 8.92. The average molecular weight is 334 g/mol. The number of aliphatic hydroxyl groups is 2. The van der Waals surface area contributed by atoms with Crippen LogP contribution >= 0.6 is 0 Å². The zero-order valence-electron chi connectivity index (χ0n) is 13.1. The highest BCUT2D eigenvalue weighted by Crippen LogP contribution is 2.30. The first-order chi connectivity index (χ1) is 11.4. The summed E-state index contributed by atoms with van der Waals surface area (Å²) in [6.07, 6.45) is 0.833. The van der Waals surface area contributed by atoms with E-state index in [1.54, 1.807) is 12.1 Å². The van der Waals surface area contributed by atoms with Gasteiger partial charge in [-0.15, -0.1) is 0 Å². The van der Waals surface area contributed by atoms with Crippen molar-refractivity contribution in [3.63, 3.8) is 0 Å². The fourth-order valence-corrected chi connectivity index (χ4v) is 2.76. The molecule has 0 saturated carbocycles. The van der Waals surface area contributed by atoms with Crippen molar-refractivity contribution in [1.82, 2.24) is 0 Å². The van der Waals surface area contributed by atoms with E-state index in [0.717, 1.165) is 11.1 Å². The quantitative estimate of drug-likeness (QED) is 0.427. The molecule has 0 spiro atoms. The van der Waals surface area contributed by atoms with Gasteiger partial charge in [-0.25, -0.2) is 0 Å². The predicted octanol–water partition coefficient (Wildman–Crippen LogP) is 1.51. The van der Waals surface area contributed by atoms with E-state index in [9.17, 15) is 30.6 Å². The smallest absolute Gasteiger partial charge is 0.157 e. The third kappa shape index (κ3) is 4.31. The van der Waals surface area contributed by atoms with Crippen molar-refractivity contribution in [2.45, 2.75) is 12.8 Å². The van der Waals surface area contributed by atoms with Crippen LogP contribution in [-0.4, -0.2) is 43.9 Å². The zero-order valence-corrected chi connectivity index (χ0v) is 13.1. The Bertz CT molecular complexity index is 626. The Morgan fingerprint density at radius 2 is 0.958 bits per heavy atom. The molecule has 0 fully saturated rings. The second-order valence-electron chi connectivity index (χ2n) is 5.94. The van der Waals surface area contributed by atoms with E-state index in [-0.39, 0.29) is 48.0 Å². The van der Waals surface area contributed by atoms with Gasteiger partial charge in [0.1, 0.15) is 0 Å². The van der Waals surface area contributed by atoms with E-state index in [1.807, 2.05) is 0 Å². The maximum atomic E-state index is 9.68. The molecule has 2 aromatic rings. The monoisotopic (exact) mass is 334 g/mol. The highest BCUT2D eigenvalue weighted by atomic mass is 16.3. The van der Waals surface area contributed by atoms with E-state index in [0.29, 0.717) is 12.8 Å². The van der Waals surface area contributed by atoms with Crippen LogP contribution in [0.1, 0.15) is 11.1 Å². The third-order valence-electron chi connectivity index (χ3n) is 4.21. The van der Waals surface area contributed by atoms with Gasteiger partial charge in [0.2, 0.25) is 0 Å². The number of aliphatic hydroxyl groups excluding tert-OH is 2. The molecular formula is C18H22O6. The number of phenolic OH excluding ortho intramolecular Hbond substituents is 4. The lowest BCUT2D eigenvalue weighted by Crippen LogP contribution is -2.26. The molecule has 130 valence electrons. The summed E-state index contributed by atoms with van der Waals surface area (Å²) in [5.41, 5.74) is 1.47. The molecule has 24 heavy (non-hydrogen) atoms. The summed E-state index contributed by atoms with van der Waals surface area (Å²) in [7, 11) is 0. The number of rotatable bonds is 7. The number of benzene rings is 2. The number of aromatic hydroxyl groups is 4. The average Bonchev–Trinajstić information content (AvgIpc) is 2.57. The lowest BCUT2D eigenvalue weighted by Gasteiger charge is -2.24. The lowest BCUT2D eigenvalue weighted by molar-refractivity contribution is 0.119. The van der Waals surface area contributed by atoms with E-state index in [1.165, 1.54) is 24.3 Å². The standard InChI is InChI=1S/C18H22O6/c19-9-13(5-11-1-3-15(21)17(23)7-11)14(10-20)6-12-2-4-16(22)18(24)8-12/h1-4,7-8,13-14,19-24H,5-6,9-10H2/t13-,14+. The summed E-state index contributed by atoms with van der Waals surface area (Å²) in [5.74, 6) is -1.42. The van der Waals surface area contributed by atoms with Crippen LogP contribution in [0.5, 0.6) is 23.0 Å². The molecule has 6 heteroatoms. The van der Waals surface area contributed by atoms with Crippen LogP contribution in [-0.2, 0) is 12.8 Å². The molecule has 0 saturated heterocycles. The van der Waals surface area contributed by atoms with E-state index in [2.05, 4.69) is 0 Å². The Balaban J connectivity index is 2.13. The zero-order chi connectivity index (χ0) is 17.7. The van der Waals surface area contributed by atoms with E-state index in [4.69, 9.17) is 0 Å². The van der Waals surface area contributed by atoms with Gasteiger partial charge < -0.3 is 30.6 Å². The second kappa shape index (κ2) is 7.90. The molecule has 0 radical (unpaired) electrons. The van der Waals surface area contributed by atoms with Crippen LogP contribution in [0, 0.1) is 11.8 Å². The minimum absolute atomic E-state index is 0.156. The first-order valence-corrected chi connectivity index (χ1v) is 7.68. The van der Waals surface area contributed by atoms with E-state index >= 15 is 0 Å². The molecule has 6 N–H and O–H groups in total. The van der Waals surface area contributed by atoms with Crippen molar-refractivity contribution in [2.24, 2.45) is 11.8 Å². The number of hydrogen-bond donors (Lipinski definition) is 6. The molecule has 0 aliphatic carbocycles. The number of phenols is 4. The minimum atomic E-state index is -0.269. The van der Waals surface area contributed by atoms with Crippen molar-refractivity contribution >= 4 is 0 Å². The summed E-state index contributed by atoms with van der Waals surface area (Å²) < 4.78 is 0. The van der Waals surface area contributed by atoms with Gasteiger partial charge in [-0.3, -0.25) is 0 Å². The van der Waals surface area contributed by atoms with Crippen LogP contribution < -0.4 is 0 Å². The van der Waals surface area contributed by atoms with Gasteiger partial charge in [0, 0.05) is 13.2 Å². The van der Waals surface area contributed by atoms with Gasteiger partial charge in [0.05, 0.1) is 0 Å². The molecule has 6 nitrogen and oxygen atoms in total. The molecule has 0 aliphatic rings. The van der Waals surface area contributed by atoms with Crippen LogP contribution in [0.2, 0.25) is 0 Å². The summed E-state index contributed by atoms with van der Waals surface area (Å²) >= 11 is 0. The highest BCUT2D eigenvalue weighted by molar-refractivity contribution is 5.41. The second-order valence-corrected chi connectivity index (χ2v) is 5.94. The molecule has 0 heterocycles. The van der Waals surface area contributed by atoms with Crippen LogP contribution in [0.4, 0.5) is 0 Å². The Hall–Kier alpha value is -2.44. The molecule has 2 aromatic carbocycles. The Kier molecular flexibility index (Phi) is 5.89. The van der Waals surface area contributed by atoms with Crippen molar-refractivity contribution in [3.8, 4) is 23.0 Å². The molecule has 2 atom stereocenters. The summed E-state index contributed by atoms with van der Waals surface area (Å²) in [5, 5.41) is 57.2. The van der Waals surface area contributed by atoms with Gasteiger partial charge in [0.15, 0.2) is 23.0 Å². The first-order valence-electron chi connectivity index (χ1n) is 7.68. The minimum Gasteiger partial charge on any atom is -0.504 e. The molecule has 0 aliphatic heterocycles. The highest BCUT2D eigenvalue weighted by Gasteiger charge is 2.22. The molecule has 0 amide bonds. The number of hydrogen-bond acceptors (Lipinski definition) is 6. The fraction of sp³-hybridized carbons (Fsp3) is 0.333. The predicted molar refractivity (Wildman–Crippen MR) is 88.1 cm³/mol. The SMILES string of the molecule is OC[C@H](Cc1ccc(O)c(O)c1)[C@@H](CO)Cc1ccc(O)c(O)c1. The van der Waals surface area contributed by atoms with Gasteiger partial charge in [0.25, 0.3) is 0 Å². The van der Waals surface area contributed by atoms with Gasteiger partial charge in [-0.2, -0.15) is 0 Å². The van der Waals surface area contributed by atoms with Crippen molar-refractivity contribution in [3.05, 3.63) is 47.5 Å². The van der Waals surface area contributed by atoms with E-state index < -0.39 is 0 Å². The first kappa shape index (κ1) is 17.9. The molecule has 0 aromatic heterocycles. The van der Waals surface area contributed by atoms with Gasteiger partial charge in [-0.1, -0.05) is 12.1 Å². The lowest BCUT2D eigenvalue weighted by atomic mass is 9.83. The topological polar surface area (TPSA) is 121 Å². The van der Waals surface area contributed by atoms with Crippen LogP contribution in [0.3, 0.4) is 0 Å². The van der Waals surface area contributed by atoms with Gasteiger partial charge in [-0.05, 0) is 60.1 Å². The Morgan fingerprint density at radius 3 is 1.25 bits per heavy atom. The molecule has 2 rings (SSSR count). The molecule has 0 bridgehead atoms. The normalized spacial score (nSPS) is 13.6. The Labute approximate surface area is 139 Å². The van der Waals surface area contributed by atoms with Gasteiger partial charge >= 0.3 is 0 Å². The Morgan fingerprint density at radius 1 is 0.583 bits per heavy atom.